The van der Waals surface area contributed by atoms with Crippen molar-refractivity contribution in [1.82, 2.24) is 20.2 Å². The number of hydrogen-bond acceptors (Lipinski definition) is 6. The van der Waals surface area contributed by atoms with Crippen LogP contribution in [0.25, 0.3) is 11.3 Å². The molecule has 3 heterocycles. The monoisotopic (exact) mass is 541 g/mol. The van der Waals surface area contributed by atoms with E-state index in [1.54, 1.807) is 13.0 Å². The molecule has 2 amide bonds. The number of ether oxygens (including phenoxy) is 1. The van der Waals surface area contributed by atoms with Crippen LogP contribution in [0.15, 0.2) is 42.6 Å². The SMILES string of the molecule is CC(NC(=O)CN1Cc2ccc(-c3nc(NC4CCOCC4)ncc3Cl)cc2C1=O)c1cccc(F)c1F. The molecule has 2 aromatic carbocycles. The molecular formula is C27H26ClF2N5O3. The van der Waals surface area contributed by atoms with Crippen LogP contribution in [0.4, 0.5) is 14.7 Å². The highest BCUT2D eigenvalue weighted by Crippen LogP contribution is 2.32. The minimum Gasteiger partial charge on any atom is -0.381 e. The summed E-state index contributed by atoms with van der Waals surface area (Å²) in [4.78, 5) is 36.0. The smallest absolute Gasteiger partial charge is 0.254 e. The quantitative estimate of drug-likeness (QED) is 0.457. The molecule has 2 aliphatic rings. The van der Waals surface area contributed by atoms with Crippen molar-refractivity contribution >= 4 is 29.4 Å². The molecule has 1 aromatic heterocycles. The third kappa shape index (κ3) is 5.46. The van der Waals surface area contributed by atoms with Crippen LogP contribution in [0, 0.1) is 11.6 Å². The minimum absolute atomic E-state index is 0.0337. The number of carbonyl (C=O) groups excluding carboxylic acids is 2. The fourth-order valence-corrected chi connectivity index (χ4v) is 4.89. The van der Waals surface area contributed by atoms with Crippen LogP contribution in [0.3, 0.4) is 0 Å². The van der Waals surface area contributed by atoms with Crippen molar-refractivity contribution in [3.8, 4) is 11.3 Å². The summed E-state index contributed by atoms with van der Waals surface area (Å²) in [6, 6.07) is 8.60. The first-order valence-electron chi connectivity index (χ1n) is 12.3. The van der Waals surface area contributed by atoms with Crippen LogP contribution in [0.5, 0.6) is 0 Å². The van der Waals surface area contributed by atoms with Crippen LogP contribution < -0.4 is 10.6 Å². The lowest BCUT2D eigenvalue weighted by atomic mass is 10.0. The van der Waals surface area contributed by atoms with Crippen LogP contribution in [-0.4, -0.2) is 52.5 Å². The van der Waals surface area contributed by atoms with Crippen molar-refractivity contribution in [3.05, 3.63) is 75.9 Å². The first-order valence-corrected chi connectivity index (χ1v) is 12.7. The van der Waals surface area contributed by atoms with Crippen LogP contribution in [-0.2, 0) is 16.1 Å². The summed E-state index contributed by atoms with van der Waals surface area (Å²) >= 11 is 6.41. The van der Waals surface area contributed by atoms with Crippen molar-refractivity contribution in [1.29, 1.82) is 0 Å². The van der Waals surface area contributed by atoms with Gasteiger partial charge >= 0.3 is 0 Å². The molecule has 5 rings (SSSR count). The molecule has 198 valence electrons. The van der Waals surface area contributed by atoms with Gasteiger partial charge in [-0.3, -0.25) is 9.59 Å². The Morgan fingerprint density at radius 1 is 1.24 bits per heavy atom. The Morgan fingerprint density at radius 3 is 2.82 bits per heavy atom. The number of fused-ring (bicyclic) bond motifs is 1. The number of nitrogens with one attached hydrogen (secondary N) is 2. The van der Waals surface area contributed by atoms with Gasteiger partial charge in [0.05, 0.1) is 23.0 Å². The van der Waals surface area contributed by atoms with E-state index in [0.717, 1.165) is 24.5 Å². The standard InChI is InChI=1S/C27H26ClF2N5O3/c1-15(19-3-2-4-22(29)24(19)30)32-23(36)14-35-13-17-6-5-16(11-20(17)26(35)37)25-21(28)12-31-27(34-25)33-18-7-9-38-10-8-18/h2-6,11-12,15,18H,7-10,13-14H2,1H3,(H,32,36)(H,31,33,34). The van der Waals surface area contributed by atoms with E-state index in [0.29, 0.717) is 41.0 Å². The Balaban J connectivity index is 1.27. The van der Waals surface area contributed by atoms with Gasteiger partial charge in [0.2, 0.25) is 11.9 Å². The number of carbonyl (C=O) groups is 2. The molecule has 1 atom stereocenters. The molecule has 38 heavy (non-hydrogen) atoms. The highest BCUT2D eigenvalue weighted by atomic mass is 35.5. The lowest BCUT2D eigenvalue weighted by Gasteiger charge is -2.23. The maximum absolute atomic E-state index is 14.1. The Labute approximate surface area is 223 Å². The fraction of sp³-hybridized carbons (Fsp3) is 0.333. The number of amides is 2. The summed E-state index contributed by atoms with van der Waals surface area (Å²) in [6.45, 7) is 2.94. The van der Waals surface area contributed by atoms with Crippen molar-refractivity contribution in [3.63, 3.8) is 0 Å². The first kappa shape index (κ1) is 26.0. The molecule has 0 aliphatic carbocycles. The number of hydrogen-bond donors (Lipinski definition) is 2. The number of anilines is 1. The molecular weight excluding hydrogens is 516 g/mol. The number of rotatable bonds is 7. The Hall–Kier alpha value is -3.63. The zero-order chi connectivity index (χ0) is 26.8. The van der Waals surface area contributed by atoms with Crippen LogP contribution in [0.1, 0.15) is 47.3 Å². The van der Waals surface area contributed by atoms with E-state index < -0.39 is 23.6 Å². The minimum atomic E-state index is -1.01. The van der Waals surface area contributed by atoms with E-state index in [1.807, 2.05) is 12.1 Å². The molecule has 0 bridgehead atoms. The van der Waals surface area contributed by atoms with Crippen molar-refractivity contribution in [2.75, 3.05) is 25.1 Å². The maximum atomic E-state index is 14.1. The van der Waals surface area contributed by atoms with Crippen molar-refractivity contribution in [2.24, 2.45) is 0 Å². The highest BCUT2D eigenvalue weighted by molar-refractivity contribution is 6.33. The number of benzene rings is 2. The van der Waals surface area contributed by atoms with Crippen molar-refractivity contribution < 1.29 is 23.1 Å². The lowest BCUT2D eigenvalue weighted by molar-refractivity contribution is -0.122. The van der Waals surface area contributed by atoms with Crippen LogP contribution >= 0.6 is 11.6 Å². The number of halogens is 3. The van der Waals surface area contributed by atoms with Gasteiger partial charge in [-0.1, -0.05) is 35.9 Å². The normalized spacial score (nSPS) is 16.3. The molecule has 1 saturated heterocycles. The predicted molar refractivity (Wildman–Crippen MR) is 138 cm³/mol. The summed E-state index contributed by atoms with van der Waals surface area (Å²) < 4.78 is 33.0. The van der Waals surface area contributed by atoms with E-state index in [9.17, 15) is 18.4 Å². The number of aromatic nitrogens is 2. The second kappa shape index (κ2) is 11.0. The summed E-state index contributed by atoms with van der Waals surface area (Å²) in [6.07, 6.45) is 3.24. The molecule has 0 saturated carbocycles. The fourth-order valence-electron chi connectivity index (χ4n) is 4.69. The molecule has 0 spiro atoms. The van der Waals surface area contributed by atoms with E-state index in [2.05, 4.69) is 20.6 Å². The molecule has 0 radical (unpaired) electrons. The van der Waals surface area contributed by atoms with Crippen molar-refractivity contribution in [2.45, 2.75) is 38.4 Å². The van der Waals surface area contributed by atoms with E-state index in [4.69, 9.17) is 16.3 Å². The summed E-state index contributed by atoms with van der Waals surface area (Å²) in [7, 11) is 0. The molecule has 11 heteroatoms. The van der Waals surface area contributed by atoms with Gasteiger partial charge in [-0.25, -0.2) is 18.7 Å². The van der Waals surface area contributed by atoms with E-state index in [-0.39, 0.29) is 30.6 Å². The maximum Gasteiger partial charge on any atom is 0.254 e. The summed E-state index contributed by atoms with van der Waals surface area (Å²) in [5.74, 6) is -2.34. The second-order valence-electron chi connectivity index (χ2n) is 9.39. The molecule has 2 aliphatic heterocycles. The van der Waals surface area contributed by atoms with Gasteiger partial charge in [-0.05, 0) is 37.5 Å². The predicted octanol–water partition coefficient (Wildman–Crippen LogP) is 4.50. The Morgan fingerprint density at radius 2 is 2.03 bits per heavy atom. The Kier molecular flexibility index (Phi) is 7.53. The second-order valence-corrected chi connectivity index (χ2v) is 9.79. The average molecular weight is 542 g/mol. The molecule has 1 unspecified atom stereocenters. The topological polar surface area (TPSA) is 96.5 Å². The highest BCUT2D eigenvalue weighted by Gasteiger charge is 2.30. The van der Waals surface area contributed by atoms with Gasteiger partial charge in [-0.2, -0.15) is 0 Å². The van der Waals surface area contributed by atoms with E-state index >= 15 is 0 Å². The largest absolute Gasteiger partial charge is 0.381 e. The van der Waals surface area contributed by atoms with Gasteiger partial charge < -0.3 is 20.3 Å². The van der Waals surface area contributed by atoms with Gasteiger partial charge in [0.1, 0.15) is 6.54 Å². The molecule has 3 aromatic rings. The molecule has 8 nitrogen and oxygen atoms in total. The van der Waals surface area contributed by atoms with E-state index in [1.165, 1.54) is 23.2 Å². The average Bonchev–Trinajstić information content (AvgIpc) is 3.21. The van der Waals surface area contributed by atoms with Gasteiger partial charge in [0.25, 0.3) is 5.91 Å². The third-order valence-electron chi connectivity index (χ3n) is 6.72. The molecule has 1 fully saturated rings. The Bertz CT molecular complexity index is 1380. The van der Waals surface area contributed by atoms with Crippen LogP contribution in [0.2, 0.25) is 5.02 Å². The van der Waals surface area contributed by atoms with Gasteiger partial charge in [0, 0.05) is 42.5 Å². The van der Waals surface area contributed by atoms with Gasteiger partial charge in [0.15, 0.2) is 11.6 Å². The summed E-state index contributed by atoms with van der Waals surface area (Å²) in [5.41, 5.74) is 2.40. The molecule has 2 N–H and O–H groups in total. The number of nitrogens with zero attached hydrogens (tertiary/aromatic N) is 3. The third-order valence-corrected chi connectivity index (χ3v) is 7.00. The zero-order valence-electron chi connectivity index (χ0n) is 20.6. The zero-order valence-corrected chi connectivity index (χ0v) is 21.4. The van der Waals surface area contributed by atoms with Gasteiger partial charge in [-0.15, -0.1) is 0 Å². The lowest BCUT2D eigenvalue weighted by Crippen LogP contribution is -2.38. The summed E-state index contributed by atoms with van der Waals surface area (Å²) in [5, 5.41) is 6.30. The first-order chi connectivity index (χ1) is 18.3.